The lowest BCUT2D eigenvalue weighted by Gasteiger charge is -2.06. The van der Waals surface area contributed by atoms with Crippen LogP contribution in [0.4, 0.5) is 0 Å². The van der Waals surface area contributed by atoms with Crippen molar-refractivity contribution in [2.24, 2.45) is 7.05 Å². The van der Waals surface area contributed by atoms with Crippen LogP contribution in [-0.4, -0.2) is 26.2 Å². The monoisotopic (exact) mass is 235 g/mol. The summed E-state index contributed by atoms with van der Waals surface area (Å²) in [4.78, 5) is 8.52. The van der Waals surface area contributed by atoms with E-state index in [4.69, 9.17) is 4.52 Å². The van der Waals surface area contributed by atoms with Crippen LogP contribution in [0.2, 0.25) is 0 Å². The third kappa shape index (κ3) is 2.52. The van der Waals surface area contributed by atoms with Gasteiger partial charge in [-0.25, -0.2) is 4.98 Å². The summed E-state index contributed by atoms with van der Waals surface area (Å²) in [5.74, 6) is 1.83. The summed E-state index contributed by atoms with van der Waals surface area (Å²) < 4.78 is 7.09. The van der Waals surface area contributed by atoms with Crippen LogP contribution >= 0.6 is 0 Å². The quantitative estimate of drug-likeness (QED) is 0.851. The molecule has 6 nitrogen and oxygen atoms in total. The van der Waals surface area contributed by atoms with E-state index in [1.54, 1.807) is 6.20 Å². The minimum absolute atomic E-state index is 0.0662. The fraction of sp³-hybridized carbons (Fsp3) is 0.545. The highest BCUT2D eigenvalue weighted by molar-refractivity contribution is 5.42. The summed E-state index contributed by atoms with van der Waals surface area (Å²) in [5, 5.41) is 7.24. The van der Waals surface area contributed by atoms with E-state index in [-0.39, 0.29) is 6.04 Å². The van der Waals surface area contributed by atoms with Crippen LogP contribution in [0.25, 0.3) is 11.6 Å². The average Bonchev–Trinajstić information content (AvgIpc) is 2.93. The lowest BCUT2D eigenvalue weighted by atomic mass is 10.3. The van der Waals surface area contributed by atoms with Crippen LogP contribution in [-0.2, 0) is 7.05 Å². The Morgan fingerprint density at radius 1 is 1.53 bits per heavy atom. The van der Waals surface area contributed by atoms with Crippen molar-refractivity contribution in [1.82, 2.24) is 25.0 Å². The molecule has 1 unspecified atom stereocenters. The molecule has 0 aliphatic rings. The third-order valence-electron chi connectivity index (χ3n) is 2.53. The molecule has 0 fully saturated rings. The fourth-order valence-electron chi connectivity index (χ4n) is 1.53. The first-order valence-electron chi connectivity index (χ1n) is 5.77. The van der Waals surface area contributed by atoms with Crippen molar-refractivity contribution in [3.05, 3.63) is 18.3 Å². The molecule has 0 radical (unpaired) electrons. The van der Waals surface area contributed by atoms with Crippen molar-refractivity contribution in [2.75, 3.05) is 6.54 Å². The van der Waals surface area contributed by atoms with Crippen LogP contribution in [0, 0.1) is 0 Å². The van der Waals surface area contributed by atoms with E-state index >= 15 is 0 Å². The maximum atomic E-state index is 5.23. The van der Waals surface area contributed by atoms with Gasteiger partial charge in [0.1, 0.15) is 0 Å². The minimum atomic E-state index is 0.0662. The second-order valence-electron chi connectivity index (χ2n) is 3.99. The van der Waals surface area contributed by atoms with Crippen LogP contribution < -0.4 is 5.32 Å². The molecule has 2 aromatic heterocycles. The lowest BCUT2D eigenvalue weighted by molar-refractivity contribution is 0.340. The van der Waals surface area contributed by atoms with Crippen LogP contribution in [0.3, 0.4) is 0 Å². The van der Waals surface area contributed by atoms with Crippen molar-refractivity contribution in [1.29, 1.82) is 0 Å². The molecule has 0 aromatic carbocycles. The number of hydrogen-bond acceptors (Lipinski definition) is 5. The van der Waals surface area contributed by atoms with Gasteiger partial charge in [0.2, 0.25) is 11.7 Å². The maximum Gasteiger partial charge on any atom is 0.243 e. The zero-order chi connectivity index (χ0) is 12.3. The van der Waals surface area contributed by atoms with Gasteiger partial charge >= 0.3 is 0 Å². The molecular formula is C11H17N5O. The van der Waals surface area contributed by atoms with E-state index < -0.39 is 0 Å². The predicted molar refractivity (Wildman–Crippen MR) is 63.2 cm³/mol. The molecule has 17 heavy (non-hydrogen) atoms. The first kappa shape index (κ1) is 11.8. The van der Waals surface area contributed by atoms with Gasteiger partial charge in [-0.05, 0) is 19.9 Å². The minimum Gasteiger partial charge on any atom is -0.337 e. The number of nitrogens with one attached hydrogen (secondary N) is 1. The average molecular weight is 235 g/mol. The highest BCUT2D eigenvalue weighted by Crippen LogP contribution is 2.16. The Kier molecular flexibility index (Phi) is 3.53. The van der Waals surface area contributed by atoms with Gasteiger partial charge in [-0.3, -0.25) is 0 Å². The summed E-state index contributed by atoms with van der Waals surface area (Å²) in [6.45, 7) is 5.06. The molecule has 1 N–H and O–H groups in total. The highest BCUT2D eigenvalue weighted by Gasteiger charge is 2.16. The van der Waals surface area contributed by atoms with Gasteiger partial charge in [0, 0.05) is 19.4 Å². The number of hydrogen-bond donors (Lipinski definition) is 1. The SMILES string of the molecule is CCCNC(C)c1nc(-c2nccn2C)no1. The van der Waals surface area contributed by atoms with Crippen molar-refractivity contribution in [2.45, 2.75) is 26.3 Å². The van der Waals surface area contributed by atoms with Gasteiger partial charge in [0.15, 0.2) is 5.82 Å². The van der Waals surface area contributed by atoms with E-state index in [0.29, 0.717) is 17.5 Å². The standard InChI is InChI=1S/C11H17N5O/c1-4-5-12-8(2)11-14-9(15-17-11)10-13-6-7-16(10)3/h6-8,12H,4-5H2,1-3H3. The van der Waals surface area contributed by atoms with E-state index in [0.717, 1.165) is 13.0 Å². The zero-order valence-electron chi connectivity index (χ0n) is 10.3. The normalized spacial score (nSPS) is 12.9. The molecule has 6 heteroatoms. The smallest absolute Gasteiger partial charge is 0.243 e. The highest BCUT2D eigenvalue weighted by atomic mass is 16.5. The molecule has 2 aromatic rings. The number of imidazole rings is 1. The summed E-state index contributed by atoms with van der Waals surface area (Å²) in [6.07, 6.45) is 4.64. The van der Waals surface area contributed by atoms with E-state index in [1.807, 2.05) is 24.7 Å². The molecule has 2 rings (SSSR count). The Morgan fingerprint density at radius 3 is 3.00 bits per heavy atom. The molecular weight excluding hydrogens is 218 g/mol. The van der Waals surface area contributed by atoms with Gasteiger partial charge in [0.05, 0.1) is 6.04 Å². The van der Waals surface area contributed by atoms with Gasteiger partial charge in [-0.1, -0.05) is 12.1 Å². The van der Waals surface area contributed by atoms with Crippen LogP contribution in [0.5, 0.6) is 0 Å². The predicted octanol–water partition coefficient (Wildman–Crippen LogP) is 1.53. The Morgan fingerprint density at radius 2 is 2.35 bits per heavy atom. The van der Waals surface area contributed by atoms with Gasteiger partial charge in [-0.2, -0.15) is 4.98 Å². The molecule has 0 spiro atoms. The third-order valence-corrected chi connectivity index (χ3v) is 2.53. The van der Waals surface area contributed by atoms with E-state index in [2.05, 4.69) is 27.4 Å². The van der Waals surface area contributed by atoms with Crippen molar-refractivity contribution in [3.63, 3.8) is 0 Å². The molecule has 0 bridgehead atoms. The summed E-state index contributed by atoms with van der Waals surface area (Å²) >= 11 is 0. The van der Waals surface area contributed by atoms with Crippen LogP contribution in [0.1, 0.15) is 32.2 Å². The van der Waals surface area contributed by atoms with Gasteiger partial charge in [0.25, 0.3) is 0 Å². The topological polar surface area (TPSA) is 68.8 Å². The molecule has 0 aliphatic heterocycles. The molecule has 0 aliphatic carbocycles. The first-order chi connectivity index (χ1) is 8.22. The van der Waals surface area contributed by atoms with E-state index in [1.165, 1.54) is 0 Å². The molecule has 0 amide bonds. The molecule has 1 atom stereocenters. The molecule has 2 heterocycles. The number of aryl methyl sites for hydroxylation is 1. The van der Waals surface area contributed by atoms with Crippen molar-refractivity contribution in [3.8, 4) is 11.6 Å². The summed E-state index contributed by atoms with van der Waals surface area (Å²) in [7, 11) is 1.90. The Balaban J connectivity index is 2.13. The number of aromatic nitrogens is 4. The van der Waals surface area contributed by atoms with Crippen LogP contribution in [0.15, 0.2) is 16.9 Å². The van der Waals surface area contributed by atoms with Gasteiger partial charge in [-0.15, -0.1) is 0 Å². The number of rotatable bonds is 5. The van der Waals surface area contributed by atoms with Gasteiger partial charge < -0.3 is 14.4 Å². The summed E-state index contributed by atoms with van der Waals surface area (Å²) in [6, 6.07) is 0.0662. The largest absolute Gasteiger partial charge is 0.337 e. The maximum absolute atomic E-state index is 5.23. The molecule has 0 saturated carbocycles. The van der Waals surface area contributed by atoms with Crippen molar-refractivity contribution < 1.29 is 4.52 Å². The second kappa shape index (κ2) is 5.09. The number of nitrogens with zero attached hydrogens (tertiary/aromatic N) is 4. The summed E-state index contributed by atoms with van der Waals surface area (Å²) in [5.41, 5.74) is 0. The van der Waals surface area contributed by atoms with E-state index in [9.17, 15) is 0 Å². The molecule has 0 saturated heterocycles. The Hall–Kier alpha value is -1.69. The fourth-order valence-corrected chi connectivity index (χ4v) is 1.53. The molecule has 92 valence electrons. The Labute approximate surface area is 100 Å². The Bertz CT molecular complexity index is 476. The zero-order valence-corrected chi connectivity index (χ0v) is 10.3. The first-order valence-corrected chi connectivity index (χ1v) is 5.77. The lowest BCUT2D eigenvalue weighted by Crippen LogP contribution is -2.19. The second-order valence-corrected chi connectivity index (χ2v) is 3.99. The van der Waals surface area contributed by atoms with Crippen molar-refractivity contribution >= 4 is 0 Å².